The summed E-state index contributed by atoms with van der Waals surface area (Å²) in [4.78, 5) is 4.27. The summed E-state index contributed by atoms with van der Waals surface area (Å²) in [6.45, 7) is 6.35. The van der Waals surface area contributed by atoms with Gasteiger partial charge < -0.3 is 24.3 Å². The molecule has 0 saturated carbocycles. The number of para-hydroxylation sites is 2. The van der Waals surface area contributed by atoms with E-state index in [0.29, 0.717) is 11.7 Å². The van der Waals surface area contributed by atoms with Crippen LogP contribution in [0.1, 0.15) is 25.6 Å². The zero-order chi connectivity index (χ0) is 18.2. The van der Waals surface area contributed by atoms with Gasteiger partial charge in [0, 0.05) is 13.1 Å². The first-order valence-corrected chi connectivity index (χ1v) is 8.91. The summed E-state index contributed by atoms with van der Waals surface area (Å²) < 4.78 is 11.3. The summed E-state index contributed by atoms with van der Waals surface area (Å²) >= 11 is 5.70. The molecule has 2 aromatic rings. The van der Waals surface area contributed by atoms with Gasteiger partial charge >= 0.3 is 0 Å². The van der Waals surface area contributed by atoms with Crippen LogP contribution in [-0.4, -0.2) is 48.7 Å². The fraction of sp³-hybridized carbons (Fsp3) is 0.421. The number of likely N-dealkylation sites (N-methyl/N-ethyl adjacent to an activating group) is 1. The van der Waals surface area contributed by atoms with Gasteiger partial charge in [0.2, 0.25) is 0 Å². The van der Waals surface area contributed by atoms with Crippen molar-refractivity contribution in [2.24, 2.45) is 0 Å². The molecule has 1 heterocycles. The minimum absolute atomic E-state index is 0.0363. The second-order valence-corrected chi connectivity index (χ2v) is 6.43. The minimum atomic E-state index is 0.0363. The highest BCUT2D eigenvalue weighted by molar-refractivity contribution is 7.80. The van der Waals surface area contributed by atoms with E-state index in [2.05, 4.69) is 36.1 Å². The number of nitrogens with zero attached hydrogens (tertiary/aromatic N) is 2. The minimum Gasteiger partial charge on any atom is -0.492 e. The van der Waals surface area contributed by atoms with Crippen LogP contribution < -0.4 is 10.1 Å². The highest BCUT2D eigenvalue weighted by Gasteiger charge is 2.21. The number of ether oxygens (including phenoxy) is 1. The second kappa shape index (κ2) is 9.44. The van der Waals surface area contributed by atoms with Crippen LogP contribution in [0.4, 0.5) is 5.69 Å². The molecule has 0 aliphatic rings. The summed E-state index contributed by atoms with van der Waals surface area (Å²) in [6.07, 6.45) is 1.69. The summed E-state index contributed by atoms with van der Waals surface area (Å²) in [5.74, 6) is 1.69. The summed E-state index contributed by atoms with van der Waals surface area (Å²) in [5.41, 5.74) is 0.871. The standard InChI is InChI=1S/C19H27N3O2S/c1-5-23-18-10-7-6-9-16(18)20-19(25)22(13-12-21(3)4)15(2)17-11-8-14-24-17/h6-11,14-15H,5,12-13H2,1-4H3,(H,20,25)/t15-/m1/s1. The maximum absolute atomic E-state index is 5.70. The number of hydrogen-bond donors (Lipinski definition) is 1. The van der Waals surface area contributed by atoms with Gasteiger partial charge in [-0.25, -0.2) is 0 Å². The number of furan rings is 1. The molecule has 1 aromatic heterocycles. The molecule has 1 atom stereocenters. The highest BCUT2D eigenvalue weighted by atomic mass is 32.1. The lowest BCUT2D eigenvalue weighted by Crippen LogP contribution is -2.40. The van der Waals surface area contributed by atoms with Gasteiger partial charge in [-0.05, 0) is 64.4 Å². The van der Waals surface area contributed by atoms with Gasteiger partial charge in [-0.1, -0.05) is 12.1 Å². The van der Waals surface area contributed by atoms with E-state index in [9.17, 15) is 0 Å². The number of anilines is 1. The van der Waals surface area contributed by atoms with Crippen LogP contribution in [0.25, 0.3) is 0 Å². The van der Waals surface area contributed by atoms with Crippen molar-refractivity contribution in [3.63, 3.8) is 0 Å². The van der Waals surface area contributed by atoms with Crippen molar-refractivity contribution >= 4 is 23.0 Å². The molecule has 0 fully saturated rings. The van der Waals surface area contributed by atoms with Crippen molar-refractivity contribution in [3.8, 4) is 5.75 Å². The van der Waals surface area contributed by atoms with Crippen LogP contribution in [0.3, 0.4) is 0 Å². The molecular weight excluding hydrogens is 334 g/mol. The molecule has 0 aliphatic heterocycles. The molecule has 0 aliphatic carbocycles. The van der Waals surface area contributed by atoms with Crippen LogP contribution in [-0.2, 0) is 0 Å². The van der Waals surface area contributed by atoms with Crippen molar-refractivity contribution in [3.05, 3.63) is 48.4 Å². The Labute approximate surface area is 155 Å². The summed E-state index contributed by atoms with van der Waals surface area (Å²) in [6, 6.07) is 11.7. The number of benzene rings is 1. The monoisotopic (exact) mass is 361 g/mol. The number of thiocarbonyl (C=S) groups is 1. The predicted molar refractivity (Wildman–Crippen MR) is 106 cm³/mol. The normalized spacial score (nSPS) is 12.0. The summed E-state index contributed by atoms with van der Waals surface area (Å²) in [5, 5.41) is 3.99. The average molecular weight is 362 g/mol. The average Bonchev–Trinajstić information content (AvgIpc) is 3.11. The molecule has 136 valence electrons. The van der Waals surface area contributed by atoms with E-state index in [1.54, 1.807) is 6.26 Å². The molecule has 2 rings (SSSR count). The molecule has 0 unspecified atom stereocenters. The Hall–Kier alpha value is -2.05. The number of hydrogen-bond acceptors (Lipinski definition) is 4. The van der Waals surface area contributed by atoms with Gasteiger partial charge in [-0.15, -0.1) is 0 Å². The maximum atomic E-state index is 5.70. The van der Waals surface area contributed by atoms with E-state index >= 15 is 0 Å². The van der Waals surface area contributed by atoms with Crippen LogP contribution in [0.15, 0.2) is 47.1 Å². The fourth-order valence-corrected chi connectivity index (χ4v) is 2.86. The van der Waals surface area contributed by atoms with E-state index < -0.39 is 0 Å². The van der Waals surface area contributed by atoms with Gasteiger partial charge in [-0.2, -0.15) is 0 Å². The Morgan fingerprint density at radius 2 is 1.96 bits per heavy atom. The Kier molecular flexibility index (Phi) is 7.28. The van der Waals surface area contributed by atoms with Gasteiger partial charge in [0.25, 0.3) is 0 Å². The lowest BCUT2D eigenvalue weighted by Gasteiger charge is -2.32. The van der Waals surface area contributed by atoms with Gasteiger partial charge in [0.1, 0.15) is 11.5 Å². The quantitative estimate of drug-likeness (QED) is 0.717. The molecule has 0 radical (unpaired) electrons. The van der Waals surface area contributed by atoms with Crippen LogP contribution in [0.2, 0.25) is 0 Å². The van der Waals surface area contributed by atoms with Crippen molar-refractivity contribution < 1.29 is 9.15 Å². The van der Waals surface area contributed by atoms with E-state index in [-0.39, 0.29) is 6.04 Å². The van der Waals surface area contributed by atoms with Gasteiger partial charge in [0.05, 0.1) is 24.6 Å². The molecule has 1 N–H and O–H groups in total. The summed E-state index contributed by atoms with van der Waals surface area (Å²) in [7, 11) is 4.10. The lowest BCUT2D eigenvalue weighted by molar-refractivity contribution is 0.263. The largest absolute Gasteiger partial charge is 0.492 e. The Balaban J connectivity index is 2.17. The van der Waals surface area contributed by atoms with Crippen molar-refractivity contribution in [2.45, 2.75) is 19.9 Å². The Bertz CT molecular complexity index is 658. The van der Waals surface area contributed by atoms with Crippen LogP contribution in [0, 0.1) is 0 Å². The number of nitrogens with one attached hydrogen (secondary N) is 1. The number of rotatable bonds is 8. The topological polar surface area (TPSA) is 40.9 Å². The lowest BCUT2D eigenvalue weighted by atomic mass is 10.2. The van der Waals surface area contributed by atoms with Crippen molar-refractivity contribution in [2.75, 3.05) is 39.1 Å². The SMILES string of the molecule is CCOc1ccccc1NC(=S)N(CCN(C)C)[C@H](C)c1ccco1. The zero-order valence-corrected chi connectivity index (χ0v) is 16.2. The molecule has 0 amide bonds. The van der Waals surface area contributed by atoms with Crippen LogP contribution in [0.5, 0.6) is 5.75 Å². The first-order valence-electron chi connectivity index (χ1n) is 8.50. The van der Waals surface area contributed by atoms with Gasteiger partial charge in [-0.3, -0.25) is 0 Å². The van der Waals surface area contributed by atoms with Crippen LogP contribution >= 0.6 is 12.2 Å². The molecule has 6 heteroatoms. The maximum Gasteiger partial charge on any atom is 0.174 e. The molecular formula is C19H27N3O2S. The third kappa shape index (κ3) is 5.47. The third-order valence-corrected chi connectivity index (χ3v) is 4.24. The van der Waals surface area contributed by atoms with E-state index in [1.165, 1.54) is 0 Å². The van der Waals surface area contributed by atoms with Crippen molar-refractivity contribution in [1.82, 2.24) is 9.80 Å². The molecule has 0 saturated heterocycles. The molecule has 25 heavy (non-hydrogen) atoms. The molecule has 1 aromatic carbocycles. The van der Waals surface area contributed by atoms with E-state index in [4.69, 9.17) is 21.4 Å². The molecule has 5 nitrogen and oxygen atoms in total. The molecule has 0 spiro atoms. The highest BCUT2D eigenvalue weighted by Crippen LogP contribution is 2.26. The first-order chi connectivity index (χ1) is 12.0. The Morgan fingerprint density at radius 1 is 1.20 bits per heavy atom. The van der Waals surface area contributed by atoms with Gasteiger partial charge in [0.15, 0.2) is 5.11 Å². The van der Waals surface area contributed by atoms with E-state index in [1.807, 2.05) is 43.3 Å². The third-order valence-electron chi connectivity index (χ3n) is 3.90. The smallest absolute Gasteiger partial charge is 0.174 e. The second-order valence-electron chi connectivity index (χ2n) is 6.05. The Morgan fingerprint density at radius 3 is 2.60 bits per heavy atom. The van der Waals surface area contributed by atoms with Crippen molar-refractivity contribution in [1.29, 1.82) is 0 Å². The fourth-order valence-electron chi connectivity index (χ4n) is 2.50. The predicted octanol–water partition coefficient (Wildman–Crippen LogP) is 4.00. The molecule has 0 bridgehead atoms. The van der Waals surface area contributed by atoms with E-state index in [0.717, 1.165) is 30.3 Å². The first kappa shape index (κ1) is 19.3. The zero-order valence-electron chi connectivity index (χ0n) is 15.4.